The van der Waals surface area contributed by atoms with Crippen LogP contribution in [0, 0.1) is 18.6 Å². The molecule has 20 nitrogen and oxygen atoms in total. The summed E-state index contributed by atoms with van der Waals surface area (Å²) in [6.07, 6.45) is -2.74. The van der Waals surface area contributed by atoms with E-state index in [2.05, 4.69) is 0 Å². The summed E-state index contributed by atoms with van der Waals surface area (Å²) in [4.78, 5) is 9.69. The molecule has 15 rings (SSSR count). The number of sulfone groups is 10. The van der Waals surface area contributed by atoms with Crippen molar-refractivity contribution in [3.63, 3.8) is 0 Å². The number of halogens is 11. The Hall–Kier alpha value is -11.2. The maximum absolute atomic E-state index is 13.9. The standard InChI is InChI=1S/C22H20F3O4S3.2C21H18F3O4S3.2C20H18FO4S3/c1-15-12-16(22(23,24)25)14-19(13-15)30(17-4-8-20(9-5-17)31(2,26)27)18-6-10-21(11-7-18)32(3,28)29;1-30(25,26)19-10-4-8-17(13-19)29(16-7-3-6-15(12-16)21(22,23)24)18-9-5-11-20(14-18)31(2,27)28;1-30(25,26)19-10-6-16(7-11-19)29(17-8-12-20(13-9-17)31(2,27)28)18-5-3-4-15(14-18)21(22,23)24;1-27(22,23)19-10-4-8-17(13-19)26(16-7-3-6-15(21)12-16)18-9-5-11-20(14-18)28(2,24)25;1-27(22,23)19-10-6-16(7-11-19)26(18-5-3-4-15(21)14-18)17-8-12-20(13-9-17)28(2,24)25/h4-14H,1-3H3;2*3-14H,1-2H3;2*3-14H,1-2H3/q5*+1. The molecule has 0 saturated heterocycles. The van der Waals surface area contributed by atoms with E-state index >= 15 is 0 Å². The first-order valence-corrected chi connectivity index (χ1v) is 68.1. The highest BCUT2D eigenvalue weighted by atomic mass is 32.2. The Kier molecular flexibility index (Phi) is 37.4. The minimum Gasteiger partial charge on any atom is -0.224 e. The molecule has 0 fully saturated rings. The molecular weight excluding hydrogens is 2260 g/mol. The Balaban J connectivity index is 0.000000178. The Morgan fingerprint density at radius 3 is 0.507 bits per heavy atom. The highest BCUT2D eigenvalue weighted by Gasteiger charge is 2.42. The Labute approximate surface area is 879 Å². The minimum atomic E-state index is -4.56. The molecule has 0 aliphatic heterocycles. The molecular formula is C104H92F11O20S15+5. The number of hydrogen-bond donors (Lipinski definition) is 0. The molecule has 0 N–H and O–H groups in total. The monoisotopic (exact) mass is 2350 g/mol. The van der Waals surface area contributed by atoms with Crippen LogP contribution in [0.25, 0.3) is 0 Å². The third-order valence-corrected chi connectivity index (χ3v) is 43.5. The SMILES string of the molecule is CS(=O)(=O)c1ccc([S+](c2ccc(S(C)(=O)=O)cc2)c2cccc(C(F)(F)F)c2)cc1.CS(=O)(=O)c1ccc([S+](c2ccc(S(C)(=O)=O)cc2)c2cccc(F)c2)cc1.CS(=O)(=O)c1cccc([S+](c2cccc(C(F)(F)F)c2)c2cccc(S(C)(=O)=O)c2)c1.CS(=O)(=O)c1cccc([S+](c2cccc(F)c2)c2cccc(S(C)(=O)=O)c2)c1.Cc1cc([S+](c2ccc(S(C)(=O)=O)cc2)c2ccc(S(C)(=O)=O)cc2)cc(C(F)(F)F)c1. The van der Waals surface area contributed by atoms with E-state index in [1.54, 1.807) is 165 Å². The van der Waals surface area contributed by atoms with Crippen molar-refractivity contribution >= 4 is 153 Å². The fourth-order valence-corrected chi connectivity index (χ4v) is 31.6. The predicted octanol–water partition coefficient (Wildman–Crippen LogP) is 21.6. The van der Waals surface area contributed by atoms with E-state index in [9.17, 15) is 132 Å². The lowest BCUT2D eigenvalue weighted by atomic mass is 10.1. The second kappa shape index (κ2) is 47.2. The zero-order valence-electron chi connectivity index (χ0n) is 80.5. The molecule has 0 heterocycles. The molecule has 0 saturated carbocycles. The molecule has 15 aromatic rings. The molecule has 15 aromatic carbocycles. The van der Waals surface area contributed by atoms with Gasteiger partial charge in [-0.25, -0.2) is 93.0 Å². The van der Waals surface area contributed by atoms with Gasteiger partial charge < -0.3 is 0 Å². The molecule has 46 heteroatoms. The van der Waals surface area contributed by atoms with Crippen LogP contribution in [0.4, 0.5) is 48.3 Å². The minimum absolute atomic E-state index is 0.0220. The highest BCUT2D eigenvalue weighted by molar-refractivity contribution is 7.99. The summed E-state index contributed by atoms with van der Waals surface area (Å²) in [7, 11) is -39.2. The van der Waals surface area contributed by atoms with Crippen LogP contribution in [0.2, 0.25) is 0 Å². The normalized spacial score (nSPS) is 12.6. The Morgan fingerprint density at radius 1 is 0.160 bits per heavy atom. The van der Waals surface area contributed by atoms with Crippen molar-refractivity contribution in [2.24, 2.45) is 0 Å². The van der Waals surface area contributed by atoms with Crippen LogP contribution < -0.4 is 0 Å². The largest absolute Gasteiger partial charge is 0.416 e. The van der Waals surface area contributed by atoms with Crippen molar-refractivity contribution in [3.8, 4) is 0 Å². The first-order valence-electron chi connectivity index (χ1n) is 43.1. The lowest BCUT2D eigenvalue weighted by Crippen LogP contribution is -2.10. The van der Waals surface area contributed by atoms with Gasteiger partial charge in [-0.05, 0) is 267 Å². The van der Waals surface area contributed by atoms with Gasteiger partial charge in [0.15, 0.2) is 172 Å². The summed E-state index contributed by atoms with van der Waals surface area (Å²) in [5.41, 5.74) is -2.01. The molecule has 0 aliphatic carbocycles. The number of rotatable bonds is 25. The third-order valence-electron chi connectivity index (χ3n) is 21.3. The van der Waals surface area contributed by atoms with E-state index < -0.39 is 194 Å². The lowest BCUT2D eigenvalue weighted by Gasteiger charge is -2.13. The second-order valence-corrected chi connectivity index (χ2v) is 63.8. The lowest BCUT2D eigenvalue weighted by molar-refractivity contribution is -0.138. The van der Waals surface area contributed by atoms with Gasteiger partial charge in [-0.2, -0.15) is 39.5 Å². The van der Waals surface area contributed by atoms with Crippen LogP contribution in [0.5, 0.6) is 0 Å². The Bertz CT molecular complexity index is 8410. The molecule has 0 radical (unpaired) electrons. The van der Waals surface area contributed by atoms with E-state index in [1.165, 1.54) is 164 Å². The second-order valence-electron chi connectivity index (χ2n) is 33.5. The van der Waals surface area contributed by atoms with Gasteiger partial charge in [0.2, 0.25) is 0 Å². The summed E-state index contributed by atoms with van der Waals surface area (Å²) >= 11 is 0. The van der Waals surface area contributed by atoms with Gasteiger partial charge in [0.25, 0.3) is 0 Å². The fourth-order valence-electron chi connectivity index (χ4n) is 14.1. The van der Waals surface area contributed by atoms with E-state index in [0.29, 0.717) is 64.3 Å². The smallest absolute Gasteiger partial charge is 0.224 e. The quantitative estimate of drug-likeness (QED) is 0.0379. The zero-order valence-corrected chi connectivity index (χ0v) is 92.8. The molecule has 0 atom stereocenters. The van der Waals surface area contributed by atoms with E-state index in [0.717, 1.165) is 109 Å². The van der Waals surface area contributed by atoms with Crippen LogP contribution in [0.1, 0.15) is 22.3 Å². The van der Waals surface area contributed by atoms with Gasteiger partial charge in [0, 0.05) is 117 Å². The summed E-state index contributed by atoms with van der Waals surface area (Å²) in [6.45, 7) is 1.57. The summed E-state index contributed by atoms with van der Waals surface area (Å²) in [6, 6.07) is 87.1. The van der Waals surface area contributed by atoms with Crippen LogP contribution >= 0.6 is 0 Å². The summed E-state index contributed by atoms with van der Waals surface area (Å²) in [5.74, 6) is -0.802. The predicted molar refractivity (Wildman–Crippen MR) is 558 cm³/mol. The van der Waals surface area contributed by atoms with Crippen LogP contribution in [0.3, 0.4) is 0 Å². The van der Waals surface area contributed by atoms with Gasteiger partial charge in [-0.3, -0.25) is 0 Å². The summed E-state index contributed by atoms with van der Waals surface area (Å²) in [5, 5.41) is 0. The molecule has 0 aliphatic rings. The van der Waals surface area contributed by atoms with Gasteiger partial charge in [0.1, 0.15) is 11.6 Å². The van der Waals surface area contributed by atoms with Gasteiger partial charge in [0.05, 0.1) is 120 Å². The van der Waals surface area contributed by atoms with Crippen molar-refractivity contribution in [1.82, 2.24) is 0 Å². The molecule has 0 unspecified atom stereocenters. The van der Waals surface area contributed by atoms with Crippen LogP contribution in [-0.4, -0.2) is 147 Å². The van der Waals surface area contributed by atoms with Crippen molar-refractivity contribution in [2.75, 3.05) is 62.6 Å². The third kappa shape index (κ3) is 32.4. The zero-order chi connectivity index (χ0) is 111. The molecule has 0 bridgehead atoms. The van der Waals surface area contributed by atoms with Crippen molar-refractivity contribution in [2.45, 2.75) is 148 Å². The number of alkyl halides is 9. The van der Waals surface area contributed by atoms with E-state index in [4.69, 9.17) is 0 Å². The molecule has 150 heavy (non-hydrogen) atoms. The van der Waals surface area contributed by atoms with Crippen molar-refractivity contribution < 1.29 is 132 Å². The van der Waals surface area contributed by atoms with E-state index in [-0.39, 0.29) is 59.7 Å². The maximum atomic E-state index is 13.9. The first-order chi connectivity index (χ1) is 69.3. The van der Waals surface area contributed by atoms with E-state index in [1.807, 2.05) is 0 Å². The number of benzene rings is 15. The number of hydrogen-bond acceptors (Lipinski definition) is 20. The Morgan fingerprint density at radius 2 is 0.320 bits per heavy atom. The maximum Gasteiger partial charge on any atom is 0.416 e. The van der Waals surface area contributed by atoms with Gasteiger partial charge in [-0.15, -0.1) is 0 Å². The average molecular weight is 2350 g/mol. The topological polar surface area (TPSA) is 341 Å². The molecule has 0 amide bonds. The van der Waals surface area contributed by atoms with Crippen LogP contribution in [-0.2, 0) is 171 Å². The van der Waals surface area contributed by atoms with Crippen LogP contribution in [0.15, 0.2) is 480 Å². The van der Waals surface area contributed by atoms with Crippen molar-refractivity contribution in [3.05, 3.63) is 392 Å². The number of aryl methyl sites for hydroxylation is 1. The highest BCUT2D eigenvalue weighted by Crippen LogP contribution is 2.44. The van der Waals surface area contributed by atoms with Crippen molar-refractivity contribution in [1.29, 1.82) is 0 Å². The molecule has 0 spiro atoms. The molecule has 790 valence electrons. The average Bonchev–Trinajstić information content (AvgIpc) is 0.779. The molecule has 0 aromatic heterocycles. The fraction of sp³-hybridized carbons (Fsp3) is 0.135. The first kappa shape index (κ1) is 119. The van der Waals surface area contributed by atoms with Gasteiger partial charge >= 0.3 is 18.5 Å². The van der Waals surface area contributed by atoms with Gasteiger partial charge in [-0.1, -0.05) is 48.5 Å². The summed E-state index contributed by atoms with van der Waals surface area (Å²) < 4.78 is 385.